The number of aromatic nitrogens is 3. The normalized spacial score (nSPS) is 10.3. The highest BCUT2D eigenvalue weighted by Crippen LogP contribution is 2.11. The third-order valence-electron chi connectivity index (χ3n) is 3.64. The summed E-state index contributed by atoms with van der Waals surface area (Å²) >= 11 is 5.96. The van der Waals surface area contributed by atoms with E-state index in [1.807, 2.05) is 32.0 Å². The van der Waals surface area contributed by atoms with Gasteiger partial charge in [0.2, 0.25) is 0 Å². The molecule has 0 N–H and O–H groups in total. The van der Waals surface area contributed by atoms with E-state index in [1.54, 1.807) is 39.7 Å². The van der Waals surface area contributed by atoms with Crippen molar-refractivity contribution in [2.45, 2.75) is 20.4 Å². The Morgan fingerprint density at radius 2 is 2.04 bits per heavy atom. The Kier molecular flexibility index (Phi) is 4.54. The van der Waals surface area contributed by atoms with Gasteiger partial charge >= 0.3 is 0 Å². The predicted molar refractivity (Wildman–Crippen MR) is 95.7 cm³/mol. The van der Waals surface area contributed by atoms with Gasteiger partial charge in [-0.15, -0.1) is 0 Å². The Morgan fingerprint density at radius 3 is 2.79 bits per heavy atom. The molecule has 0 atom stereocenters. The molecule has 0 fully saturated rings. The van der Waals surface area contributed by atoms with E-state index in [-0.39, 0.29) is 5.56 Å². The first-order chi connectivity index (χ1) is 11.6. The van der Waals surface area contributed by atoms with E-state index in [9.17, 15) is 4.79 Å². The van der Waals surface area contributed by atoms with E-state index >= 15 is 0 Å². The largest absolute Gasteiger partial charge is 0.314 e. The average molecular weight is 338 g/mol. The summed E-state index contributed by atoms with van der Waals surface area (Å²) < 4.78 is 3.43. The summed E-state index contributed by atoms with van der Waals surface area (Å²) in [5, 5.41) is 0.646. The molecule has 0 saturated heterocycles. The maximum Gasteiger partial charge on any atom is 0.274 e. The van der Waals surface area contributed by atoms with Crippen LogP contribution in [0, 0.1) is 18.8 Å². The molecule has 4 nitrogen and oxygen atoms in total. The molecule has 0 amide bonds. The van der Waals surface area contributed by atoms with Crippen LogP contribution in [-0.2, 0) is 6.54 Å². The Hall–Kier alpha value is -2.77. The Balaban J connectivity index is 1.99. The highest BCUT2D eigenvalue weighted by molar-refractivity contribution is 6.30. The van der Waals surface area contributed by atoms with Crippen LogP contribution in [-0.4, -0.2) is 14.1 Å². The third-order valence-corrected chi connectivity index (χ3v) is 3.88. The molecule has 2 aromatic heterocycles. The van der Waals surface area contributed by atoms with Gasteiger partial charge in [-0.25, -0.2) is 4.98 Å². The maximum absolute atomic E-state index is 12.4. The van der Waals surface area contributed by atoms with Crippen LogP contribution in [0.25, 0.3) is 5.69 Å². The lowest BCUT2D eigenvalue weighted by atomic mass is 10.2. The van der Waals surface area contributed by atoms with Crippen molar-refractivity contribution in [1.82, 2.24) is 14.1 Å². The van der Waals surface area contributed by atoms with Gasteiger partial charge in [-0.3, -0.25) is 9.36 Å². The summed E-state index contributed by atoms with van der Waals surface area (Å²) in [6.45, 7) is 4.42. The Bertz CT molecular complexity index is 1010. The smallest absolute Gasteiger partial charge is 0.274 e. The zero-order valence-electron chi connectivity index (χ0n) is 13.5. The van der Waals surface area contributed by atoms with Crippen molar-refractivity contribution >= 4 is 11.6 Å². The van der Waals surface area contributed by atoms with Gasteiger partial charge in [-0.2, -0.15) is 0 Å². The number of benzene rings is 1. The second-order valence-corrected chi connectivity index (χ2v) is 5.72. The van der Waals surface area contributed by atoms with Crippen molar-refractivity contribution in [2.24, 2.45) is 0 Å². The molecule has 3 aromatic rings. The summed E-state index contributed by atoms with van der Waals surface area (Å²) in [5.41, 5.74) is 1.96. The van der Waals surface area contributed by atoms with Crippen LogP contribution in [0.3, 0.4) is 0 Å². The zero-order valence-corrected chi connectivity index (χ0v) is 14.2. The number of rotatable bonds is 2. The van der Waals surface area contributed by atoms with Crippen molar-refractivity contribution < 1.29 is 0 Å². The summed E-state index contributed by atoms with van der Waals surface area (Å²) in [7, 11) is 0. The fraction of sp³-hybridized carbons (Fsp3) is 0.158. The van der Waals surface area contributed by atoms with Crippen LogP contribution in [0.4, 0.5) is 0 Å². The number of halogens is 1. The molecule has 0 spiro atoms. The van der Waals surface area contributed by atoms with E-state index in [2.05, 4.69) is 16.8 Å². The lowest BCUT2D eigenvalue weighted by Crippen LogP contribution is -2.23. The standard InChI is InChI=1S/C19H16ClN3O/c1-3-22-11-5-8-18(19(22)24)23-13-17(21-14(23)2)10-9-15-6-4-7-16(20)12-15/h4-8,11-13H,3H2,1-2H3. The van der Waals surface area contributed by atoms with E-state index in [0.29, 0.717) is 22.9 Å². The highest BCUT2D eigenvalue weighted by atomic mass is 35.5. The van der Waals surface area contributed by atoms with Gasteiger partial charge in [0.25, 0.3) is 5.56 Å². The summed E-state index contributed by atoms with van der Waals surface area (Å²) in [4.78, 5) is 16.9. The summed E-state index contributed by atoms with van der Waals surface area (Å²) in [5.74, 6) is 6.77. The number of imidazole rings is 1. The topological polar surface area (TPSA) is 39.8 Å². The van der Waals surface area contributed by atoms with Crippen LogP contribution in [0.2, 0.25) is 5.02 Å². The molecular formula is C19H16ClN3O. The number of aryl methyl sites for hydroxylation is 2. The maximum atomic E-state index is 12.4. The second-order valence-electron chi connectivity index (χ2n) is 5.29. The average Bonchev–Trinajstić information content (AvgIpc) is 2.94. The molecule has 2 heterocycles. The zero-order chi connectivity index (χ0) is 17.1. The first kappa shape index (κ1) is 16.1. The van der Waals surface area contributed by atoms with Crippen molar-refractivity contribution in [2.75, 3.05) is 0 Å². The quantitative estimate of drug-likeness (QED) is 0.672. The second kappa shape index (κ2) is 6.77. The fourth-order valence-corrected chi connectivity index (χ4v) is 2.63. The van der Waals surface area contributed by atoms with Crippen LogP contribution in [0.1, 0.15) is 24.0 Å². The number of nitrogens with zero attached hydrogens (tertiary/aromatic N) is 3. The molecule has 0 aliphatic rings. The van der Waals surface area contributed by atoms with Gasteiger partial charge in [0, 0.05) is 29.5 Å². The first-order valence-electron chi connectivity index (χ1n) is 7.62. The molecule has 0 aliphatic heterocycles. The van der Waals surface area contributed by atoms with Crippen LogP contribution < -0.4 is 5.56 Å². The number of hydrogen-bond donors (Lipinski definition) is 0. The van der Waals surface area contributed by atoms with Gasteiger partial charge in [0.15, 0.2) is 0 Å². The minimum absolute atomic E-state index is 0.0464. The van der Waals surface area contributed by atoms with Crippen LogP contribution in [0.5, 0.6) is 0 Å². The fourth-order valence-electron chi connectivity index (χ4n) is 2.44. The summed E-state index contributed by atoms with van der Waals surface area (Å²) in [6, 6.07) is 11.0. The monoisotopic (exact) mass is 337 g/mol. The van der Waals surface area contributed by atoms with Crippen LogP contribution >= 0.6 is 11.6 Å². The molecule has 0 bridgehead atoms. The van der Waals surface area contributed by atoms with E-state index in [0.717, 1.165) is 11.4 Å². The Labute approximate surface area is 145 Å². The molecule has 5 heteroatoms. The first-order valence-corrected chi connectivity index (χ1v) is 7.99. The van der Waals surface area contributed by atoms with Gasteiger partial charge in [-0.1, -0.05) is 23.6 Å². The molecule has 0 aliphatic carbocycles. The molecule has 120 valence electrons. The molecule has 0 unspecified atom stereocenters. The molecule has 3 rings (SSSR count). The molecule has 0 radical (unpaired) electrons. The van der Waals surface area contributed by atoms with Crippen molar-refractivity contribution in [3.63, 3.8) is 0 Å². The molecular weight excluding hydrogens is 322 g/mol. The predicted octanol–water partition coefficient (Wildman–Crippen LogP) is 3.42. The van der Waals surface area contributed by atoms with Gasteiger partial charge in [-0.05, 0) is 50.1 Å². The Morgan fingerprint density at radius 1 is 1.21 bits per heavy atom. The molecule has 1 aromatic carbocycles. The van der Waals surface area contributed by atoms with Crippen molar-refractivity contribution in [1.29, 1.82) is 0 Å². The number of pyridine rings is 1. The van der Waals surface area contributed by atoms with Gasteiger partial charge < -0.3 is 4.57 Å². The van der Waals surface area contributed by atoms with Gasteiger partial charge in [0.1, 0.15) is 17.2 Å². The van der Waals surface area contributed by atoms with E-state index < -0.39 is 0 Å². The highest BCUT2D eigenvalue weighted by Gasteiger charge is 2.09. The lowest BCUT2D eigenvalue weighted by Gasteiger charge is -2.07. The molecule has 24 heavy (non-hydrogen) atoms. The van der Waals surface area contributed by atoms with E-state index in [4.69, 9.17) is 11.6 Å². The van der Waals surface area contributed by atoms with Crippen molar-refractivity contribution in [3.8, 4) is 17.5 Å². The van der Waals surface area contributed by atoms with Gasteiger partial charge in [0.05, 0.1) is 0 Å². The summed E-state index contributed by atoms with van der Waals surface area (Å²) in [6.07, 6.45) is 3.56. The lowest BCUT2D eigenvalue weighted by molar-refractivity contribution is 0.717. The van der Waals surface area contributed by atoms with Crippen LogP contribution in [0.15, 0.2) is 53.6 Å². The van der Waals surface area contributed by atoms with Crippen molar-refractivity contribution in [3.05, 3.63) is 81.3 Å². The minimum atomic E-state index is -0.0464. The minimum Gasteiger partial charge on any atom is -0.314 e. The number of hydrogen-bond acceptors (Lipinski definition) is 2. The third kappa shape index (κ3) is 3.27. The molecule has 0 saturated carbocycles. The van der Waals surface area contributed by atoms with E-state index in [1.165, 1.54) is 0 Å². The SMILES string of the molecule is CCn1cccc(-n2cc(C#Cc3cccc(Cl)c3)nc2C)c1=O.